The van der Waals surface area contributed by atoms with Gasteiger partial charge in [0.15, 0.2) is 5.66 Å². The number of hydrogen-bond acceptors (Lipinski definition) is 3. The Morgan fingerprint density at radius 2 is 2.09 bits per heavy atom. The fourth-order valence-corrected chi connectivity index (χ4v) is 0.815. The molecule has 0 spiro atoms. The fourth-order valence-electron chi connectivity index (χ4n) is 0.815. The molecule has 0 aromatic carbocycles. The highest BCUT2D eigenvalue weighted by Crippen LogP contribution is 2.40. The zero-order valence-corrected chi connectivity index (χ0v) is 6.48. The van der Waals surface area contributed by atoms with E-state index in [1.807, 2.05) is 0 Å². The molecule has 2 radical (unpaired) electrons. The van der Waals surface area contributed by atoms with Crippen LogP contribution >= 0.6 is 0 Å². The van der Waals surface area contributed by atoms with Crippen molar-refractivity contribution in [2.75, 3.05) is 0 Å². The standard InChI is InChI=1S/C6H9BN2O2/c1-3(4(7)5(10)11)6(2)8-9-6/h3-4H,1-2H3,(H,10,11). The average molecular weight is 152 g/mol. The summed E-state index contributed by atoms with van der Waals surface area (Å²) in [6, 6.07) is 0. The molecule has 0 aromatic heterocycles. The maximum atomic E-state index is 10.4. The van der Waals surface area contributed by atoms with Crippen LogP contribution in [0.5, 0.6) is 0 Å². The van der Waals surface area contributed by atoms with E-state index in [0.29, 0.717) is 0 Å². The first-order chi connectivity index (χ1) is 4.97. The molecule has 0 bridgehead atoms. The number of nitrogens with zero attached hydrogens (tertiary/aromatic N) is 2. The van der Waals surface area contributed by atoms with Gasteiger partial charge < -0.3 is 5.11 Å². The van der Waals surface area contributed by atoms with Crippen LogP contribution in [-0.4, -0.2) is 24.6 Å². The van der Waals surface area contributed by atoms with Gasteiger partial charge in [-0.1, -0.05) is 6.92 Å². The van der Waals surface area contributed by atoms with Gasteiger partial charge in [0.1, 0.15) is 0 Å². The Bertz CT molecular complexity index is 211. The van der Waals surface area contributed by atoms with Gasteiger partial charge in [-0.15, -0.1) is 0 Å². The summed E-state index contributed by atoms with van der Waals surface area (Å²) in [6.07, 6.45) is 0. The molecule has 1 heterocycles. The van der Waals surface area contributed by atoms with Gasteiger partial charge in [-0.25, -0.2) is 0 Å². The van der Waals surface area contributed by atoms with Gasteiger partial charge in [-0.3, -0.25) is 4.79 Å². The molecule has 1 aliphatic rings. The van der Waals surface area contributed by atoms with E-state index in [2.05, 4.69) is 10.2 Å². The van der Waals surface area contributed by atoms with Crippen molar-refractivity contribution >= 4 is 13.8 Å². The normalized spacial score (nSPS) is 24.2. The molecule has 1 N–H and O–H groups in total. The number of carboxylic acid groups (broad SMARTS) is 1. The topological polar surface area (TPSA) is 62.0 Å². The van der Waals surface area contributed by atoms with E-state index >= 15 is 0 Å². The van der Waals surface area contributed by atoms with Crippen molar-refractivity contribution in [3.05, 3.63) is 0 Å². The molecule has 0 aromatic rings. The lowest BCUT2D eigenvalue weighted by Crippen LogP contribution is -2.27. The third-order valence-electron chi connectivity index (χ3n) is 2.10. The van der Waals surface area contributed by atoms with Crippen molar-refractivity contribution in [1.82, 2.24) is 0 Å². The Morgan fingerprint density at radius 3 is 2.36 bits per heavy atom. The minimum atomic E-state index is -1.00. The highest BCUT2D eigenvalue weighted by molar-refractivity contribution is 6.22. The molecular formula is C6H9BN2O2. The molecule has 0 fully saturated rings. The summed E-state index contributed by atoms with van der Waals surface area (Å²) < 4.78 is 0. The highest BCUT2D eigenvalue weighted by Gasteiger charge is 2.44. The predicted octanol–water partition coefficient (Wildman–Crippen LogP) is 0.846. The Hall–Kier alpha value is -0.865. The van der Waals surface area contributed by atoms with Crippen molar-refractivity contribution < 1.29 is 9.90 Å². The first kappa shape index (κ1) is 8.23. The van der Waals surface area contributed by atoms with Gasteiger partial charge in [-0.2, -0.15) is 10.2 Å². The van der Waals surface area contributed by atoms with E-state index < -0.39 is 17.4 Å². The van der Waals surface area contributed by atoms with Crippen LogP contribution in [0.15, 0.2) is 10.2 Å². The zero-order valence-electron chi connectivity index (χ0n) is 6.48. The van der Waals surface area contributed by atoms with E-state index in [0.717, 1.165) is 0 Å². The minimum absolute atomic E-state index is 0.236. The summed E-state index contributed by atoms with van der Waals surface area (Å²) in [6.45, 7) is 3.50. The molecular weight excluding hydrogens is 143 g/mol. The number of carboxylic acids is 1. The maximum Gasteiger partial charge on any atom is 0.298 e. The molecule has 0 saturated heterocycles. The van der Waals surface area contributed by atoms with Crippen LogP contribution < -0.4 is 0 Å². The molecule has 1 aliphatic heterocycles. The second-order valence-electron chi connectivity index (χ2n) is 2.95. The van der Waals surface area contributed by atoms with Crippen LogP contribution in [0.1, 0.15) is 13.8 Å². The van der Waals surface area contributed by atoms with Crippen molar-refractivity contribution in [1.29, 1.82) is 0 Å². The van der Waals surface area contributed by atoms with Crippen LogP contribution in [-0.2, 0) is 4.79 Å². The van der Waals surface area contributed by atoms with E-state index in [9.17, 15) is 4.79 Å². The zero-order chi connectivity index (χ0) is 8.65. The van der Waals surface area contributed by atoms with Crippen LogP contribution in [0.25, 0.3) is 0 Å². The molecule has 11 heavy (non-hydrogen) atoms. The largest absolute Gasteiger partial charge is 0.482 e. The van der Waals surface area contributed by atoms with Gasteiger partial charge in [0.25, 0.3) is 5.97 Å². The lowest BCUT2D eigenvalue weighted by molar-refractivity contribution is -0.138. The van der Waals surface area contributed by atoms with Crippen molar-refractivity contribution in [3.63, 3.8) is 0 Å². The summed E-state index contributed by atoms with van der Waals surface area (Å²) >= 11 is 0. The lowest BCUT2D eigenvalue weighted by Gasteiger charge is -2.18. The monoisotopic (exact) mass is 152 g/mol. The summed E-state index contributed by atoms with van der Waals surface area (Å²) in [7, 11) is 5.37. The lowest BCUT2D eigenvalue weighted by atomic mass is 9.73. The molecule has 0 amide bonds. The van der Waals surface area contributed by atoms with E-state index in [-0.39, 0.29) is 5.92 Å². The van der Waals surface area contributed by atoms with Gasteiger partial charge in [0, 0.05) is 11.7 Å². The first-order valence-electron chi connectivity index (χ1n) is 3.40. The molecule has 0 saturated carbocycles. The van der Waals surface area contributed by atoms with E-state index in [1.54, 1.807) is 13.8 Å². The Kier molecular flexibility index (Phi) is 1.74. The smallest absolute Gasteiger partial charge is 0.298 e. The highest BCUT2D eigenvalue weighted by atomic mass is 16.4. The molecule has 5 heteroatoms. The quantitative estimate of drug-likeness (QED) is 0.609. The van der Waals surface area contributed by atoms with E-state index in [4.69, 9.17) is 13.0 Å². The number of rotatable bonds is 3. The Balaban J connectivity index is 2.54. The Morgan fingerprint density at radius 1 is 1.64 bits per heavy atom. The summed E-state index contributed by atoms with van der Waals surface area (Å²) in [5.41, 5.74) is -0.544. The minimum Gasteiger partial charge on any atom is -0.482 e. The van der Waals surface area contributed by atoms with E-state index in [1.165, 1.54) is 0 Å². The number of hydrogen-bond donors (Lipinski definition) is 1. The molecule has 0 aliphatic carbocycles. The first-order valence-corrected chi connectivity index (χ1v) is 3.40. The van der Waals surface area contributed by atoms with Crippen LogP contribution in [0.4, 0.5) is 0 Å². The third kappa shape index (κ3) is 1.41. The second kappa shape index (κ2) is 2.32. The number of aliphatic carboxylic acids is 1. The molecule has 2 atom stereocenters. The van der Waals surface area contributed by atoms with Gasteiger partial charge in [0.2, 0.25) is 0 Å². The van der Waals surface area contributed by atoms with Crippen LogP contribution in [0.3, 0.4) is 0 Å². The third-order valence-corrected chi connectivity index (χ3v) is 2.10. The molecule has 4 nitrogen and oxygen atoms in total. The van der Waals surface area contributed by atoms with Gasteiger partial charge >= 0.3 is 0 Å². The molecule has 58 valence electrons. The van der Waals surface area contributed by atoms with Crippen molar-refractivity contribution in [3.8, 4) is 0 Å². The van der Waals surface area contributed by atoms with Gasteiger partial charge in [0.05, 0.1) is 7.85 Å². The second-order valence-corrected chi connectivity index (χ2v) is 2.95. The SMILES string of the molecule is [B]C(C(=O)O)C(C)C1(C)N=N1. The van der Waals surface area contributed by atoms with Crippen molar-refractivity contribution in [2.24, 2.45) is 16.1 Å². The molecule has 1 rings (SSSR count). The maximum absolute atomic E-state index is 10.4. The summed E-state index contributed by atoms with van der Waals surface area (Å²) in [5, 5.41) is 16.0. The Labute approximate surface area is 66.1 Å². The number of carbonyl (C=O) groups is 1. The summed E-state index contributed by atoms with van der Waals surface area (Å²) in [4.78, 5) is 10.4. The average Bonchev–Trinajstić information content (AvgIpc) is 2.66. The molecule has 2 unspecified atom stereocenters. The van der Waals surface area contributed by atoms with Crippen LogP contribution in [0, 0.1) is 5.92 Å². The summed E-state index contributed by atoms with van der Waals surface area (Å²) in [5.74, 6) is -2.12. The van der Waals surface area contributed by atoms with Gasteiger partial charge in [-0.05, 0) is 6.92 Å². The van der Waals surface area contributed by atoms with Crippen molar-refractivity contribution in [2.45, 2.75) is 25.3 Å². The van der Waals surface area contributed by atoms with Crippen LogP contribution in [0.2, 0.25) is 5.82 Å². The predicted molar refractivity (Wildman–Crippen MR) is 39.6 cm³/mol. The fraction of sp³-hybridized carbons (Fsp3) is 0.833.